The van der Waals surface area contributed by atoms with E-state index in [0.717, 1.165) is 12.2 Å². The number of nitrogens with one attached hydrogen (secondary N) is 1. The minimum absolute atomic E-state index is 0.662. The summed E-state index contributed by atoms with van der Waals surface area (Å²) in [4.78, 5) is 4.40. The van der Waals surface area contributed by atoms with Gasteiger partial charge in [0.15, 0.2) is 0 Å². The first-order valence-electron chi connectivity index (χ1n) is 5.60. The van der Waals surface area contributed by atoms with Crippen molar-refractivity contribution in [3.8, 4) is 0 Å². The van der Waals surface area contributed by atoms with Gasteiger partial charge in [0, 0.05) is 12.2 Å². The van der Waals surface area contributed by atoms with Crippen molar-refractivity contribution >= 4 is 5.82 Å². The van der Waals surface area contributed by atoms with Gasteiger partial charge in [0.1, 0.15) is 5.82 Å². The highest BCUT2D eigenvalue weighted by atomic mass is 15.0. The van der Waals surface area contributed by atoms with Crippen LogP contribution in [0.4, 0.5) is 5.82 Å². The van der Waals surface area contributed by atoms with E-state index in [1.54, 1.807) is 0 Å². The van der Waals surface area contributed by atoms with Gasteiger partial charge >= 0.3 is 0 Å². The third kappa shape index (κ3) is 2.06. The summed E-state index contributed by atoms with van der Waals surface area (Å²) in [6.07, 6.45) is 8.27. The van der Waals surface area contributed by atoms with E-state index < -0.39 is 0 Å². The molecule has 14 heavy (non-hydrogen) atoms. The molecule has 2 rings (SSSR count). The van der Waals surface area contributed by atoms with Crippen molar-refractivity contribution in [2.75, 3.05) is 5.32 Å². The van der Waals surface area contributed by atoms with Crippen LogP contribution in [0.25, 0.3) is 0 Å². The van der Waals surface area contributed by atoms with Crippen LogP contribution in [0.5, 0.6) is 0 Å². The fourth-order valence-corrected chi connectivity index (χ4v) is 2.12. The fourth-order valence-electron chi connectivity index (χ4n) is 2.12. The molecule has 76 valence electrons. The van der Waals surface area contributed by atoms with Gasteiger partial charge in [-0.15, -0.1) is 0 Å². The number of rotatable bonds is 3. The largest absolute Gasteiger partial charge is 0.367 e. The van der Waals surface area contributed by atoms with Crippen molar-refractivity contribution in [2.24, 2.45) is 0 Å². The maximum atomic E-state index is 4.40. The van der Waals surface area contributed by atoms with Gasteiger partial charge in [0.25, 0.3) is 0 Å². The number of pyridine rings is 1. The molecule has 0 spiro atoms. The van der Waals surface area contributed by atoms with Gasteiger partial charge < -0.3 is 5.32 Å². The summed E-state index contributed by atoms with van der Waals surface area (Å²) >= 11 is 0. The molecule has 1 saturated carbocycles. The standard InChI is InChI=1S/C12H18N2/c1-2-10-6-5-9-13-12(10)14-11-7-3-4-8-11/h5-6,9,11H,2-4,7-8H2,1H3,(H,13,14). The number of hydrogen-bond acceptors (Lipinski definition) is 2. The molecular weight excluding hydrogens is 172 g/mol. The zero-order valence-corrected chi connectivity index (χ0v) is 8.79. The Bertz CT molecular complexity index is 290. The van der Waals surface area contributed by atoms with E-state index in [9.17, 15) is 0 Å². The van der Waals surface area contributed by atoms with E-state index in [0.29, 0.717) is 6.04 Å². The van der Waals surface area contributed by atoms with Gasteiger partial charge in [-0.2, -0.15) is 0 Å². The highest BCUT2D eigenvalue weighted by Crippen LogP contribution is 2.22. The Morgan fingerprint density at radius 2 is 2.21 bits per heavy atom. The molecule has 0 aliphatic heterocycles. The molecule has 2 nitrogen and oxygen atoms in total. The Balaban J connectivity index is 2.07. The number of aryl methyl sites for hydroxylation is 1. The predicted molar refractivity (Wildman–Crippen MR) is 59.5 cm³/mol. The molecule has 0 bridgehead atoms. The highest BCUT2D eigenvalue weighted by molar-refractivity contribution is 5.44. The number of nitrogens with zero attached hydrogens (tertiary/aromatic N) is 1. The summed E-state index contributed by atoms with van der Waals surface area (Å²) in [6, 6.07) is 4.83. The summed E-state index contributed by atoms with van der Waals surface area (Å²) in [5, 5.41) is 3.55. The van der Waals surface area contributed by atoms with Gasteiger partial charge in [0.05, 0.1) is 0 Å². The molecule has 0 amide bonds. The van der Waals surface area contributed by atoms with Crippen LogP contribution in [0.2, 0.25) is 0 Å². The zero-order valence-electron chi connectivity index (χ0n) is 8.79. The molecule has 0 saturated heterocycles. The lowest BCUT2D eigenvalue weighted by molar-refractivity contribution is 0.748. The minimum Gasteiger partial charge on any atom is -0.367 e. The van der Waals surface area contributed by atoms with E-state index in [4.69, 9.17) is 0 Å². The maximum Gasteiger partial charge on any atom is 0.129 e. The van der Waals surface area contributed by atoms with Crippen molar-refractivity contribution in [1.82, 2.24) is 4.98 Å². The first-order valence-corrected chi connectivity index (χ1v) is 5.60. The van der Waals surface area contributed by atoms with Crippen molar-refractivity contribution < 1.29 is 0 Å². The quantitative estimate of drug-likeness (QED) is 0.792. The summed E-state index contributed by atoms with van der Waals surface area (Å²) in [7, 11) is 0. The number of hydrogen-bond donors (Lipinski definition) is 1. The SMILES string of the molecule is CCc1cccnc1NC1CCCC1. The number of anilines is 1. The van der Waals surface area contributed by atoms with Gasteiger partial charge in [-0.25, -0.2) is 4.98 Å². The zero-order chi connectivity index (χ0) is 9.80. The van der Waals surface area contributed by atoms with Crippen molar-refractivity contribution in [3.63, 3.8) is 0 Å². The van der Waals surface area contributed by atoms with E-state index in [-0.39, 0.29) is 0 Å². The lowest BCUT2D eigenvalue weighted by atomic mass is 10.2. The molecule has 0 aromatic carbocycles. The predicted octanol–water partition coefficient (Wildman–Crippen LogP) is 3.00. The summed E-state index contributed by atoms with van der Waals surface area (Å²) in [6.45, 7) is 2.18. The van der Waals surface area contributed by atoms with Gasteiger partial charge in [-0.3, -0.25) is 0 Å². The van der Waals surface area contributed by atoms with Crippen molar-refractivity contribution in [1.29, 1.82) is 0 Å². The molecule has 2 heteroatoms. The Kier molecular flexibility index (Phi) is 3.02. The first kappa shape index (κ1) is 9.50. The lowest BCUT2D eigenvalue weighted by Crippen LogP contribution is -2.16. The van der Waals surface area contributed by atoms with Gasteiger partial charge in [-0.1, -0.05) is 25.8 Å². The Morgan fingerprint density at radius 3 is 2.93 bits per heavy atom. The van der Waals surface area contributed by atoms with Crippen LogP contribution in [0.1, 0.15) is 38.2 Å². The second-order valence-corrected chi connectivity index (χ2v) is 3.99. The van der Waals surface area contributed by atoms with E-state index in [1.807, 2.05) is 12.3 Å². The van der Waals surface area contributed by atoms with Gasteiger partial charge in [-0.05, 0) is 30.9 Å². The minimum atomic E-state index is 0.662. The van der Waals surface area contributed by atoms with Crippen LogP contribution in [0.3, 0.4) is 0 Å². The Labute approximate surface area is 85.7 Å². The van der Waals surface area contributed by atoms with Crippen LogP contribution >= 0.6 is 0 Å². The van der Waals surface area contributed by atoms with Crippen LogP contribution in [0, 0.1) is 0 Å². The topological polar surface area (TPSA) is 24.9 Å². The van der Waals surface area contributed by atoms with Crippen LogP contribution < -0.4 is 5.32 Å². The third-order valence-corrected chi connectivity index (χ3v) is 2.97. The summed E-state index contributed by atoms with van der Waals surface area (Å²) in [5.74, 6) is 1.10. The van der Waals surface area contributed by atoms with Crippen molar-refractivity contribution in [3.05, 3.63) is 23.9 Å². The molecule has 0 atom stereocenters. The van der Waals surface area contributed by atoms with Crippen LogP contribution in [-0.4, -0.2) is 11.0 Å². The normalized spacial score (nSPS) is 17.2. The third-order valence-electron chi connectivity index (χ3n) is 2.97. The van der Waals surface area contributed by atoms with E-state index >= 15 is 0 Å². The summed E-state index contributed by atoms with van der Waals surface area (Å²) < 4.78 is 0. The molecule has 1 aliphatic carbocycles. The first-order chi connectivity index (χ1) is 6.90. The monoisotopic (exact) mass is 190 g/mol. The molecule has 1 N–H and O–H groups in total. The summed E-state index contributed by atoms with van der Waals surface area (Å²) in [5.41, 5.74) is 1.33. The Morgan fingerprint density at radius 1 is 1.43 bits per heavy atom. The molecule has 1 aromatic rings. The maximum absolute atomic E-state index is 4.40. The average Bonchev–Trinajstić information content (AvgIpc) is 2.71. The Hall–Kier alpha value is -1.05. The molecule has 1 aliphatic rings. The van der Waals surface area contributed by atoms with E-state index in [1.165, 1.54) is 31.2 Å². The average molecular weight is 190 g/mol. The smallest absolute Gasteiger partial charge is 0.129 e. The molecule has 0 radical (unpaired) electrons. The molecule has 0 unspecified atom stereocenters. The number of aromatic nitrogens is 1. The highest BCUT2D eigenvalue weighted by Gasteiger charge is 2.15. The van der Waals surface area contributed by atoms with E-state index in [2.05, 4.69) is 23.3 Å². The molecule has 1 aromatic heterocycles. The second-order valence-electron chi connectivity index (χ2n) is 3.99. The van der Waals surface area contributed by atoms with Crippen LogP contribution in [-0.2, 0) is 6.42 Å². The lowest BCUT2D eigenvalue weighted by Gasteiger charge is -2.14. The molecular formula is C12H18N2. The van der Waals surface area contributed by atoms with Gasteiger partial charge in [0.2, 0.25) is 0 Å². The van der Waals surface area contributed by atoms with Crippen LogP contribution in [0.15, 0.2) is 18.3 Å². The fraction of sp³-hybridized carbons (Fsp3) is 0.583. The van der Waals surface area contributed by atoms with Crippen molar-refractivity contribution in [2.45, 2.75) is 45.1 Å². The molecule has 1 fully saturated rings. The molecule has 1 heterocycles. The second kappa shape index (κ2) is 4.45.